The molecule has 0 fully saturated rings. The predicted molar refractivity (Wildman–Crippen MR) is 85.5 cm³/mol. The van der Waals surface area contributed by atoms with Gasteiger partial charge in [-0.1, -0.05) is 26.2 Å². The molecule has 1 N–H and O–H groups in total. The molecule has 0 aliphatic carbocycles. The van der Waals surface area contributed by atoms with E-state index in [1.807, 2.05) is 27.7 Å². The van der Waals surface area contributed by atoms with E-state index in [0.717, 1.165) is 19.3 Å². The lowest BCUT2D eigenvalue weighted by molar-refractivity contribution is -0.948. The lowest BCUT2D eigenvalue weighted by atomic mass is 10.0. The van der Waals surface area contributed by atoms with Crippen LogP contribution in [0.3, 0.4) is 0 Å². The van der Waals surface area contributed by atoms with Crippen molar-refractivity contribution in [2.24, 2.45) is 0 Å². The molecule has 2 atom stereocenters. The maximum absolute atomic E-state index is 15.3. The van der Waals surface area contributed by atoms with Crippen LogP contribution in [-0.4, -0.2) is 48.1 Å². The second-order valence-corrected chi connectivity index (χ2v) is 7.54. The molecular formula is C15H33FNO3S+. The Bertz CT molecular complexity index is 387. The Hall–Kier alpha value is -0.200. The molecule has 0 radical (unpaired) electrons. The molecule has 0 saturated heterocycles. The van der Waals surface area contributed by atoms with E-state index >= 15 is 4.39 Å². The van der Waals surface area contributed by atoms with Crippen LogP contribution in [0.25, 0.3) is 0 Å². The van der Waals surface area contributed by atoms with Crippen LogP contribution in [0.5, 0.6) is 0 Å². The SMILES string of the molecule is CCCCCCC(F)(C(C)[N+](CC)(CC)CC)S(=O)(=O)O. The average molecular weight is 326 g/mol. The molecule has 2 unspecified atom stereocenters. The molecule has 0 aromatic carbocycles. The normalized spacial score (nSPS) is 17.5. The third kappa shape index (κ3) is 4.63. The zero-order valence-electron chi connectivity index (χ0n) is 14.2. The maximum atomic E-state index is 15.3. The fraction of sp³-hybridized carbons (Fsp3) is 1.00. The van der Waals surface area contributed by atoms with Crippen molar-refractivity contribution in [2.45, 2.75) is 77.8 Å². The Balaban J connectivity index is 5.40. The number of rotatable bonds is 11. The van der Waals surface area contributed by atoms with E-state index in [-0.39, 0.29) is 6.42 Å². The fourth-order valence-corrected chi connectivity index (χ4v) is 4.30. The van der Waals surface area contributed by atoms with Gasteiger partial charge in [0.15, 0.2) is 0 Å². The van der Waals surface area contributed by atoms with Gasteiger partial charge in [-0.3, -0.25) is 4.55 Å². The Morgan fingerprint density at radius 1 is 1.05 bits per heavy atom. The molecule has 0 amide bonds. The highest BCUT2D eigenvalue weighted by atomic mass is 32.2. The number of alkyl halides is 1. The molecule has 0 rings (SSSR count). The maximum Gasteiger partial charge on any atom is 0.306 e. The first-order chi connectivity index (χ1) is 9.65. The summed E-state index contributed by atoms with van der Waals surface area (Å²) < 4.78 is 48.6. The quantitative estimate of drug-likeness (QED) is 0.357. The molecule has 4 nitrogen and oxygen atoms in total. The molecule has 128 valence electrons. The Labute approximate surface area is 130 Å². The second-order valence-electron chi connectivity index (χ2n) is 5.92. The number of unbranched alkanes of at least 4 members (excludes halogenated alkanes) is 3. The summed E-state index contributed by atoms with van der Waals surface area (Å²) in [6.45, 7) is 11.4. The predicted octanol–water partition coefficient (Wildman–Crippen LogP) is 3.78. The van der Waals surface area contributed by atoms with Crippen LogP contribution in [0.1, 0.15) is 66.7 Å². The summed E-state index contributed by atoms with van der Waals surface area (Å²) in [4.78, 5) is 0. The van der Waals surface area contributed by atoms with E-state index in [0.29, 0.717) is 30.5 Å². The third-order valence-electron chi connectivity index (χ3n) is 5.13. The number of halogens is 1. The Morgan fingerprint density at radius 2 is 1.52 bits per heavy atom. The molecule has 0 aromatic heterocycles. The van der Waals surface area contributed by atoms with Crippen molar-refractivity contribution in [2.75, 3.05) is 19.6 Å². The Kier molecular flexibility index (Phi) is 8.36. The number of hydrogen-bond acceptors (Lipinski definition) is 2. The van der Waals surface area contributed by atoms with Gasteiger partial charge < -0.3 is 4.48 Å². The lowest BCUT2D eigenvalue weighted by Crippen LogP contribution is -2.64. The zero-order valence-corrected chi connectivity index (χ0v) is 15.0. The second kappa shape index (κ2) is 8.44. The topological polar surface area (TPSA) is 54.4 Å². The van der Waals surface area contributed by atoms with Gasteiger partial charge in [-0.15, -0.1) is 0 Å². The third-order valence-corrected chi connectivity index (χ3v) is 6.54. The smallest absolute Gasteiger partial charge is 0.306 e. The first-order valence-electron chi connectivity index (χ1n) is 8.16. The number of nitrogens with zero attached hydrogens (tertiary/aromatic N) is 1. The fourth-order valence-electron chi connectivity index (χ4n) is 3.25. The standard InChI is InChI=1S/C15H32FNO3S/c1-6-10-11-12-13-15(16,21(18,19)20)14(5)17(7-2,8-3)9-4/h14H,6-13H2,1-5H3/p+1. The first-order valence-corrected chi connectivity index (χ1v) is 9.60. The van der Waals surface area contributed by atoms with Crippen molar-refractivity contribution in [3.05, 3.63) is 0 Å². The van der Waals surface area contributed by atoms with Gasteiger partial charge in [-0.2, -0.15) is 8.42 Å². The molecule has 21 heavy (non-hydrogen) atoms. The summed E-state index contributed by atoms with van der Waals surface area (Å²) in [6, 6.07) is -0.783. The molecule has 0 aliphatic heterocycles. The van der Waals surface area contributed by atoms with Gasteiger partial charge in [0, 0.05) is 6.42 Å². The van der Waals surface area contributed by atoms with Crippen molar-refractivity contribution in [1.82, 2.24) is 0 Å². The molecule has 0 bridgehead atoms. The lowest BCUT2D eigenvalue weighted by Gasteiger charge is -2.46. The summed E-state index contributed by atoms with van der Waals surface area (Å²) in [7, 11) is -4.75. The van der Waals surface area contributed by atoms with Crippen LogP contribution in [0.2, 0.25) is 0 Å². The highest BCUT2D eigenvalue weighted by Crippen LogP contribution is 2.36. The Morgan fingerprint density at radius 3 is 1.86 bits per heavy atom. The minimum Gasteiger partial charge on any atom is -0.318 e. The molecule has 0 aromatic rings. The van der Waals surface area contributed by atoms with Crippen LogP contribution in [-0.2, 0) is 10.1 Å². The van der Waals surface area contributed by atoms with Gasteiger partial charge in [-0.05, 0) is 34.1 Å². The summed E-state index contributed by atoms with van der Waals surface area (Å²) in [5, 5.41) is -2.57. The van der Waals surface area contributed by atoms with E-state index in [9.17, 15) is 13.0 Å². The van der Waals surface area contributed by atoms with E-state index < -0.39 is 21.2 Å². The van der Waals surface area contributed by atoms with Crippen molar-refractivity contribution in [3.8, 4) is 0 Å². The monoisotopic (exact) mass is 326 g/mol. The van der Waals surface area contributed by atoms with Crippen LogP contribution in [0, 0.1) is 0 Å². The van der Waals surface area contributed by atoms with Gasteiger partial charge in [0.25, 0.3) is 5.00 Å². The van der Waals surface area contributed by atoms with Gasteiger partial charge in [0.2, 0.25) is 0 Å². The molecular weight excluding hydrogens is 293 g/mol. The average Bonchev–Trinajstić information content (AvgIpc) is 2.44. The van der Waals surface area contributed by atoms with Crippen LogP contribution in [0.4, 0.5) is 4.39 Å². The van der Waals surface area contributed by atoms with Crippen molar-refractivity contribution < 1.29 is 21.8 Å². The first kappa shape index (κ1) is 20.8. The van der Waals surface area contributed by atoms with Crippen molar-refractivity contribution in [3.63, 3.8) is 0 Å². The van der Waals surface area contributed by atoms with E-state index in [4.69, 9.17) is 0 Å². The van der Waals surface area contributed by atoms with E-state index in [2.05, 4.69) is 0 Å². The highest BCUT2D eigenvalue weighted by Gasteiger charge is 2.56. The van der Waals surface area contributed by atoms with Gasteiger partial charge in [0.1, 0.15) is 6.04 Å². The minimum absolute atomic E-state index is 0.132. The summed E-state index contributed by atoms with van der Waals surface area (Å²) in [5.74, 6) is 0. The number of quaternary nitrogens is 1. The summed E-state index contributed by atoms with van der Waals surface area (Å²) in [6.07, 6.45) is 3.08. The van der Waals surface area contributed by atoms with Crippen LogP contribution in [0.15, 0.2) is 0 Å². The zero-order chi connectivity index (χ0) is 16.7. The molecule has 0 heterocycles. The number of hydrogen-bond donors (Lipinski definition) is 1. The molecule has 6 heteroatoms. The van der Waals surface area contributed by atoms with Crippen molar-refractivity contribution >= 4 is 10.1 Å². The van der Waals surface area contributed by atoms with Gasteiger partial charge >= 0.3 is 10.1 Å². The van der Waals surface area contributed by atoms with Crippen molar-refractivity contribution in [1.29, 1.82) is 0 Å². The van der Waals surface area contributed by atoms with Crippen LogP contribution >= 0.6 is 0 Å². The largest absolute Gasteiger partial charge is 0.318 e. The molecule has 0 saturated carbocycles. The highest BCUT2D eigenvalue weighted by molar-refractivity contribution is 7.87. The van der Waals surface area contributed by atoms with Gasteiger partial charge in [-0.25, -0.2) is 4.39 Å². The van der Waals surface area contributed by atoms with E-state index in [1.165, 1.54) is 0 Å². The summed E-state index contributed by atoms with van der Waals surface area (Å²) in [5.41, 5.74) is 0. The molecule has 0 spiro atoms. The minimum atomic E-state index is -4.75. The summed E-state index contributed by atoms with van der Waals surface area (Å²) >= 11 is 0. The van der Waals surface area contributed by atoms with E-state index in [1.54, 1.807) is 6.92 Å². The van der Waals surface area contributed by atoms with Crippen LogP contribution < -0.4 is 0 Å². The van der Waals surface area contributed by atoms with Gasteiger partial charge in [0.05, 0.1) is 19.6 Å². The molecule has 0 aliphatic rings.